The van der Waals surface area contributed by atoms with Crippen LogP contribution in [0.2, 0.25) is 5.02 Å². The Morgan fingerprint density at radius 3 is 2.50 bits per heavy atom. The Hall–Kier alpha value is -1.67. The minimum absolute atomic E-state index is 0.183. The molecule has 1 atom stereocenters. The first kappa shape index (κ1) is 14.7. The molecule has 2 aromatic carbocycles. The summed E-state index contributed by atoms with van der Waals surface area (Å²) in [6.45, 7) is 6.38. The molecule has 1 unspecified atom stereocenters. The van der Waals surface area contributed by atoms with Gasteiger partial charge >= 0.3 is 0 Å². The van der Waals surface area contributed by atoms with Crippen LogP contribution in [0.25, 0.3) is 0 Å². The van der Waals surface area contributed by atoms with Crippen molar-refractivity contribution >= 4 is 17.3 Å². The molecule has 20 heavy (non-hydrogen) atoms. The van der Waals surface area contributed by atoms with Gasteiger partial charge in [-0.05, 0) is 50.1 Å². The van der Waals surface area contributed by atoms with E-state index in [-0.39, 0.29) is 6.04 Å². The summed E-state index contributed by atoms with van der Waals surface area (Å²) in [7, 11) is 1.66. The summed E-state index contributed by atoms with van der Waals surface area (Å²) in [6, 6.07) is 12.3. The molecular weight excluding hydrogens is 270 g/mol. The lowest BCUT2D eigenvalue weighted by Crippen LogP contribution is -2.09. The van der Waals surface area contributed by atoms with Crippen molar-refractivity contribution < 1.29 is 4.74 Å². The lowest BCUT2D eigenvalue weighted by atomic mass is 10.00. The second kappa shape index (κ2) is 6.19. The molecule has 2 rings (SSSR count). The van der Waals surface area contributed by atoms with E-state index in [4.69, 9.17) is 16.3 Å². The number of aryl methyl sites for hydroxylation is 2. The molecule has 0 aliphatic rings. The van der Waals surface area contributed by atoms with E-state index in [0.29, 0.717) is 5.02 Å². The zero-order valence-corrected chi connectivity index (χ0v) is 13.1. The number of nitrogens with one attached hydrogen (secondary N) is 1. The highest BCUT2D eigenvalue weighted by Crippen LogP contribution is 2.31. The van der Waals surface area contributed by atoms with E-state index in [9.17, 15) is 0 Å². The van der Waals surface area contributed by atoms with Crippen LogP contribution in [0.3, 0.4) is 0 Å². The fraction of sp³-hybridized carbons (Fsp3) is 0.294. The Bertz CT molecular complexity index is 610. The first-order valence-electron chi connectivity index (χ1n) is 6.68. The van der Waals surface area contributed by atoms with Crippen molar-refractivity contribution in [2.75, 3.05) is 12.4 Å². The normalized spacial score (nSPS) is 12.1. The average Bonchev–Trinajstić information content (AvgIpc) is 2.38. The van der Waals surface area contributed by atoms with Gasteiger partial charge in [0.05, 0.1) is 12.8 Å². The third-order valence-corrected chi connectivity index (χ3v) is 3.66. The molecule has 0 aromatic heterocycles. The van der Waals surface area contributed by atoms with Gasteiger partial charge in [0.15, 0.2) is 0 Å². The number of benzene rings is 2. The van der Waals surface area contributed by atoms with Crippen molar-refractivity contribution in [1.82, 2.24) is 0 Å². The van der Waals surface area contributed by atoms with Gasteiger partial charge in [-0.25, -0.2) is 0 Å². The molecule has 0 amide bonds. The Balaban J connectivity index is 2.27. The molecule has 0 heterocycles. The predicted octanol–water partition coefficient (Wildman–Crippen LogP) is 5.14. The number of methoxy groups -OCH3 is 1. The summed E-state index contributed by atoms with van der Waals surface area (Å²) in [4.78, 5) is 0. The Kier molecular flexibility index (Phi) is 4.56. The van der Waals surface area contributed by atoms with Crippen LogP contribution in [0, 0.1) is 13.8 Å². The maximum Gasteiger partial charge on any atom is 0.142 e. The largest absolute Gasteiger partial charge is 0.495 e. The summed E-state index contributed by atoms with van der Waals surface area (Å²) in [5.41, 5.74) is 4.75. The summed E-state index contributed by atoms with van der Waals surface area (Å²) in [6.07, 6.45) is 0. The second-order valence-electron chi connectivity index (χ2n) is 5.07. The third-order valence-electron chi connectivity index (χ3n) is 3.43. The van der Waals surface area contributed by atoms with Crippen LogP contribution in [0.5, 0.6) is 5.75 Å². The lowest BCUT2D eigenvalue weighted by molar-refractivity contribution is 0.416. The van der Waals surface area contributed by atoms with Gasteiger partial charge in [-0.3, -0.25) is 0 Å². The molecule has 0 aliphatic carbocycles. The predicted molar refractivity (Wildman–Crippen MR) is 86.0 cm³/mol. The van der Waals surface area contributed by atoms with E-state index in [1.54, 1.807) is 7.11 Å². The fourth-order valence-corrected chi connectivity index (χ4v) is 2.59. The average molecular weight is 290 g/mol. The molecule has 0 saturated heterocycles. The van der Waals surface area contributed by atoms with Crippen molar-refractivity contribution in [1.29, 1.82) is 0 Å². The molecule has 1 N–H and O–H groups in total. The molecule has 0 saturated carbocycles. The van der Waals surface area contributed by atoms with Crippen molar-refractivity contribution in [3.63, 3.8) is 0 Å². The van der Waals surface area contributed by atoms with Gasteiger partial charge in [0.2, 0.25) is 0 Å². The fourth-order valence-electron chi connectivity index (χ4n) is 2.42. The number of ether oxygens (including phenoxy) is 1. The standard InChI is InChI=1S/C17H20ClNO/c1-11-5-7-15(12(2)9-11)13(3)19-16-10-14(18)6-8-17(16)20-4/h5-10,13,19H,1-4H3. The Labute approximate surface area is 125 Å². The maximum absolute atomic E-state index is 6.06. The van der Waals surface area contributed by atoms with Gasteiger partial charge in [0.1, 0.15) is 5.75 Å². The number of rotatable bonds is 4. The zero-order chi connectivity index (χ0) is 14.7. The number of halogens is 1. The van der Waals surface area contributed by atoms with Crippen LogP contribution in [0.15, 0.2) is 36.4 Å². The highest BCUT2D eigenvalue weighted by Gasteiger charge is 2.11. The highest BCUT2D eigenvalue weighted by atomic mass is 35.5. The first-order valence-corrected chi connectivity index (χ1v) is 7.06. The van der Waals surface area contributed by atoms with E-state index in [0.717, 1.165) is 11.4 Å². The van der Waals surface area contributed by atoms with Gasteiger partial charge in [-0.1, -0.05) is 35.4 Å². The second-order valence-corrected chi connectivity index (χ2v) is 5.51. The number of anilines is 1. The highest BCUT2D eigenvalue weighted by molar-refractivity contribution is 6.30. The van der Waals surface area contributed by atoms with Gasteiger partial charge in [0.25, 0.3) is 0 Å². The summed E-state index contributed by atoms with van der Waals surface area (Å²) >= 11 is 6.06. The summed E-state index contributed by atoms with van der Waals surface area (Å²) in [5, 5.41) is 4.16. The molecule has 106 valence electrons. The zero-order valence-electron chi connectivity index (χ0n) is 12.3. The minimum atomic E-state index is 0.183. The summed E-state index contributed by atoms with van der Waals surface area (Å²) < 4.78 is 5.37. The summed E-state index contributed by atoms with van der Waals surface area (Å²) in [5.74, 6) is 0.797. The van der Waals surface area contributed by atoms with Crippen LogP contribution in [-0.2, 0) is 0 Å². The van der Waals surface area contributed by atoms with Crippen molar-refractivity contribution in [2.45, 2.75) is 26.8 Å². The third kappa shape index (κ3) is 3.26. The van der Waals surface area contributed by atoms with Crippen molar-refractivity contribution in [3.05, 3.63) is 58.1 Å². The Morgan fingerprint density at radius 1 is 1.10 bits per heavy atom. The van der Waals surface area contributed by atoms with Crippen LogP contribution in [-0.4, -0.2) is 7.11 Å². The van der Waals surface area contributed by atoms with E-state index in [2.05, 4.69) is 44.3 Å². The van der Waals surface area contributed by atoms with E-state index >= 15 is 0 Å². The topological polar surface area (TPSA) is 21.3 Å². The number of hydrogen-bond donors (Lipinski definition) is 1. The molecule has 0 spiro atoms. The van der Waals surface area contributed by atoms with E-state index < -0.39 is 0 Å². The molecule has 2 nitrogen and oxygen atoms in total. The van der Waals surface area contributed by atoms with Crippen molar-refractivity contribution in [2.24, 2.45) is 0 Å². The molecular formula is C17H20ClNO. The first-order chi connectivity index (χ1) is 9.51. The van der Waals surface area contributed by atoms with Crippen LogP contribution in [0.4, 0.5) is 5.69 Å². The van der Waals surface area contributed by atoms with Crippen LogP contribution in [0.1, 0.15) is 29.7 Å². The van der Waals surface area contributed by atoms with Crippen LogP contribution < -0.4 is 10.1 Å². The Morgan fingerprint density at radius 2 is 1.85 bits per heavy atom. The minimum Gasteiger partial charge on any atom is -0.495 e. The molecule has 3 heteroatoms. The monoisotopic (exact) mass is 289 g/mol. The molecule has 0 bridgehead atoms. The molecule has 0 fully saturated rings. The molecule has 2 aromatic rings. The lowest BCUT2D eigenvalue weighted by Gasteiger charge is -2.20. The quantitative estimate of drug-likeness (QED) is 0.841. The maximum atomic E-state index is 6.06. The van der Waals surface area contributed by atoms with Gasteiger partial charge in [-0.2, -0.15) is 0 Å². The van der Waals surface area contributed by atoms with Crippen LogP contribution >= 0.6 is 11.6 Å². The van der Waals surface area contributed by atoms with Gasteiger partial charge < -0.3 is 10.1 Å². The van der Waals surface area contributed by atoms with E-state index in [1.807, 2.05) is 18.2 Å². The van der Waals surface area contributed by atoms with E-state index in [1.165, 1.54) is 16.7 Å². The smallest absolute Gasteiger partial charge is 0.142 e. The van der Waals surface area contributed by atoms with Crippen molar-refractivity contribution in [3.8, 4) is 5.75 Å². The number of hydrogen-bond acceptors (Lipinski definition) is 2. The SMILES string of the molecule is COc1ccc(Cl)cc1NC(C)c1ccc(C)cc1C. The van der Waals surface area contributed by atoms with Gasteiger partial charge in [-0.15, -0.1) is 0 Å². The molecule has 0 aliphatic heterocycles. The van der Waals surface area contributed by atoms with Gasteiger partial charge in [0, 0.05) is 11.1 Å². The molecule has 0 radical (unpaired) electrons.